The first-order valence-corrected chi connectivity index (χ1v) is 14.3. The summed E-state index contributed by atoms with van der Waals surface area (Å²) in [6.45, 7) is 0.174. The van der Waals surface area contributed by atoms with Crippen LogP contribution in [0.25, 0.3) is 0 Å². The van der Waals surface area contributed by atoms with Gasteiger partial charge in [-0.25, -0.2) is 0 Å². The van der Waals surface area contributed by atoms with Crippen LogP contribution in [0.5, 0.6) is 11.5 Å². The summed E-state index contributed by atoms with van der Waals surface area (Å²) in [5, 5.41) is 6.09. The van der Waals surface area contributed by atoms with Gasteiger partial charge in [0.25, 0.3) is 11.8 Å². The Kier molecular flexibility index (Phi) is 8.31. The Morgan fingerprint density at radius 3 is 2.32 bits per heavy atom. The zero-order chi connectivity index (χ0) is 26.5. The molecule has 204 valence electrons. The lowest BCUT2D eigenvalue weighted by molar-refractivity contribution is -0.122. The number of rotatable bonds is 8. The summed E-state index contributed by atoms with van der Waals surface area (Å²) < 4.78 is 15.1. The number of ether oxygens (including phenoxy) is 2. The highest BCUT2D eigenvalue weighted by Crippen LogP contribution is 2.33. The summed E-state index contributed by atoms with van der Waals surface area (Å²) in [5.74, 6) is 0.224. The molecule has 3 aliphatic rings. The molecule has 2 fully saturated rings. The molecule has 0 saturated heterocycles. The Morgan fingerprint density at radius 1 is 0.947 bits per heavy atom. The van der Waals surface area contributed by atoms with Gasteiger partial charge in [-0.1, -0.05) is 44.6 Å². The molecule has 0 bridgehead atoms. The quantitative estimate of drug-likeness (QED) is 0.464. The number of aromatic nitrogens is 1. The largest absolute Gasteiger partial charge is 0.454 e. The van der Waals surface area contributed by atoms with Crippen LogP contribution in [0.4, 0.5) is 5.69 Å². The van der Waals surface area contributed by atoms with E-state index in [9.17, 15) is 14.4 Å². The van der Waals surface area contributed by atoms with Gasteiger partial charge < -0.3 is 30.7 Å². The molecule has 38 heavy (non-hydrogen) atoms. The Balaban J connectivity index is 1.32. The van der Waals surface area contributed by atoms with E-state index in [1.54, 1.807) is 12.1 Å². The molecule has 11 heteroatoms. The van der Waals surface area contributed by atoms with Gasteiger partial charge in [0, 0.05) is 18.6 Å². The van der Waals surface area contributed by atoms with Crippen LogP contribution in [-0.4, -0.2) is 52.4 Å². The number of nitrogens with zero attached hydrogens (tertiary/aromatic N) is 2. The fourth-order valence-corrected chi connectivity index (χ4v) is 6.18. The van der Waals surface area contributed by atoms with Crippen molar-refractivity contribution in [1.82, 2.24) is 19.9 Å². The van der Waals surface area contributed by atoms with Gasteiger partial charge in [0.05, 0.1) is 5.69 Å². The van der Waals surface area contributed by atoms with E-state index in [-0.39, 0.29) is 60.0 Å². The van der Waals surface area contributed by atoms with Crippen molar-refractivity contribution in [2.24, 2.45) is 0 Å². The fraction of sp³-hybridized carbons (Fsp3) is 0.556. The topological polar surface area (TPSA) is 136 Å². The van der Waals surface area contributed by atoms with Crippen molar-refractivity contribution in [3.8, 4) is 11.5 Å². The fourth-order valence-electron chi connectivity index (χ4n) is 5.41. The maximum absolute atomic E-state index is 13.7. The number of fused-ring (bicyclic) bond motifs is 1. The van der Waals surface area contributed by atoms with Gasteiger partial charge in [-0.05, 0) is 54.9 Å². The lowest BCUT2D eigenvalue weighted by Gasteiger charge is -2.26. The van der Waals surface area contributed by atoms with Gasteiger partial charge >= 0.3 is 0 Å². The van der Waals surface area contributed by atoms with E-state index in [1.807, 2.05) is 6.07 Å². The third-order valence-electron chi connectivity index (χ3n) is 7.48. The number of carbonyl (C=O) groups is 3. The Bertz CT molecular complexity index is 1170. The van der Waals surface area contributed by atoms with Gasteiger partial charge in [-0.3, -0.25) is 14.4 Å². The van der Waals surface area contributed by atoms with Crippen molar-refractivity contribution in [3.63, 3.8) is 0 Å². The lowest BCUT2D eigenvalue weighted by Crippen LogP contribution is -2.44. The van der Waals surface area contributed by atoms with Gasteiger partial charge in [0.1, 0.15) is 11.4 Å². The number of benzene rings is 1. The first-order valence-electron chi connectivity index (χ1n) is 13.5. The minimum Gasteiger partial charge on any atom is -0.454 e. The molecule has 0 atom stereocenters. The maximum Gasteiger partial charge on any atom is 0.273 e. The molecule has 2 aromatic rings. The molecule has 2 saturated carbocycles. The van der Waals surface area contributed by atoms with Crippen molar-refractivity contribution >= 4 is 34.9 Å². The zero-order valence-electron chi connectivity index (χ0n) is 21.5. The lowest BCUT2D eigenvalue weighted by atomic mass is 9.95. The van der Waals surface area contributed by atoms with E-state index < -0.39 is 5.91 Å². The molecule has 5 rings (SSSR count). The molecule has 2 heterocycles. The predicted molar refractivity (Wildman–Crippen MR) is 143 cm³/mol. The van der Waals surface area contributed by atoms with E-state index >= 15 is 0 Å². The van der Waals surface area contributed by atoms with Gasteiger partial charge in [-0.2, -0.15) is 4.37 Å². The maximum atomic E-state index is 13.7. The van der Waals surface area contributed by atoms with Crippen LogP contribution in [0, 0.1) is 0 Å². The second-order valence-corrected chi connectivity index (χ2v) is 11.1. The summed E-state index contributed by atoms with van der Waals surface area (Å²) in [6, 6.07) is 5.66. The van der Waals surface area contributed by atoms with E-state index in [0.29, 0.717) is 11.5 Å². The number of nitrogens with one attached hydrogen (secondary N) is 2. The van der Waals surface area contributed by atoms with Crippen molar-refractivity contribution in [2.75, 3.05) is 19.1 Å². The molecule has 4 N–H and O–H groups in total. The molecular weight excluding hydrogens is 506 g/mol. The van der Waals surface area contributed by atoms with Crippen LogP contribution in [0.3, 0.4) is 0 Å². The zero-order valence-corrected chi connectivity index (χ0v) is 22.3. The molecule has 0 spiro atoms. The smallest absolute Gasteiger partial charge is 0.273 e. The Labute approximate surface area is 226 Å². The second kappa shape index (κ2) is 12.0. The number of hydrogen-bond donors (Lipinski definition) is 3. The summed E-state index contributed by atoms with van der Waals surface area (Å²) >= 11 is 0.893. The monoisotopic (exact) mass is 541 g/mol. The van der Waals surface area contributed by atoms with Gasteiger partial charge in [-0.15, -0.1) is 0 Å². The summed E-state index contributed by atoms with van der Waals surface area (Å²) in [5.41, 5.74) is 7.20. The van der Waals surface area contributed by atoms with Gasteiger partial charge in [0.15, 0.2) is 17.2 Å². The number of amides is 3. The molecule has 0 unspecified atom stereocenters. The first-order chi connectivity index (χ1) is 18.5. The Hall–Kier alpha value is -3.34. The molecule has 3 amide bonds. The van der Waals surface area contributed by atoms with Crippen molar-refractivity contribution in [3.05, 3.63) is 34.3 Å². The number of nitrogens with two attached hydrogens (primary N) is 1. The first kappa shape index (κ1) is 26.3. The van der Waals surface area contributed by atoms with Gasteiger partial charge in [0.2, 0.25) is 12.7 Å². The minimum absolute atomic E-state index is 0.0525. The second-order valence-electron chi connectivity index (χ2n) is 10.3. The molecule has 1 aliphatic heterocycles. The summed E-state index contributed by atoms with van der Waals surface area (Å²) in [6.07, 6.45) is 10.5. The van der Waals surface area contributed by atoms with Crippen molar-refractivity contribution < 1.29 is 23.9 Å². The number of carbonyl (C=O) groups excluding carboxylic acids is 3. The number of anilines is 1. The molecule has 0 radical (unpaired) electrons. The molecule has 1 aromatic carbocycles. The van der Waals surface area contributed by atoms with E-state index in [2.05, 4.69) is 15.0 Å². The molecular formula is C27H35N5O5S. The van der Waals surface area contributed by atoms with Crippen molar-refractivity contribution in [2.45, 2.75) is 82.8 Å². The summed E-state index contributed by atoms with van der Waals surface area (Å²) in [4.78, 5) is 41.2. The summed E-state index contributed by atoms with van der Waals surface area (Å²) in [7, 11) is 0. The van der Waals surface area contributed by atoms with Crippen LogP contribution in [-0.2, 0) is 11.3 Å². The minimum atomic E-state index is -0.437. The van der Waals surface area contributed by atoms with E-state index in [1.165, 1.54) is 17.7 Å². The van der Waals surface area contributed by atoms with Crippen LogP contribution in [0.2, 0.25) is 0 Å². The van der Waals surface area contributed by atoms with Crippen LogP contribution in [0.15, 0.2) is 18.2 Å². The highest BCUT2D eigenvalue weighted by Gasteiger charge is 2.29. The van der Waals surface area contributed by atoms with Crippen LogP contribution >= 0.6 is 11.5 Å². The average molecular weight is 542 g/mol. The molecule has 1 aromatic heterocycles. The van der Waals surface area contributed by atoms with Crippen LogP contribution < -0.4 is 25.8 Å². The van der Waals surface area contributed by atoms with E-state index in [4.69, 9.17) is 15.2 Å². The number of hydrogen-bond acceptors (Lipinski definition) is 8. The third-order valence-corrected chi connectivity index (χ3v) is 8.33. The molecule has 2 aliphatic carbocycles. The average Bonchev–Trinajstić information content (AvgIpc) is 3.55. The van der Waals surface area contributed by atoms with E-state index in [0.717, 1.165) is 68.5 Å². The molecule has 10 nitrogen and oxygen atoms in total. The SMILES string of the molecule is Nc1c(C(=O)NC2CCCCC2)nsc1C(=O)N(CC(=O)NC1CCCCC1)Cc1ccc2c(c1)OCO2. The normalized spacial score (nSPS) is 17.7. The van der Waals surface area contributed by atoms with Crippen molar-refractivity contribution in [1.29, 1.82) is 0 Å². The highest BCUT2D eigenvalue weighted by atomic mass is 32.1. The third kappa shape index (κ3) is 6.20. The predicted octanol–water partition coefficient (Wildman–Crippen LogP) is 3.61. The van der Waals surface area contributed by atoms with Crippen LogP contribution in [0.1, 0.15) is 89.9 Å². The number of nitrogen functional groups attached to an aromatic ring is 1. The standard InChI is InChI=1S/C27H35N5O5S/c28-23-24(26(34)30-19-9-5-2-6-10-19)31-38-25(23)27(35)32(15-22(33)29-18-7-3-1-4-8-18)14-17-11-12-20-21(13-17)37-16-36-20/h11-13,18-19H,1-10,14-16,28H2,(H,29,33)(H,30,34). The highest BCUT2D eigenvalue weighted by molar-refractivity contribution is 7.09. The Morgan fingerprint density at radius 2 is 1.61 bits per heavy atom.